The normalized spacial score (nSPS) is 10.5. The molecule has 0 saturated carbocycles. The van der Waals surface area contributed by atoms with E-state index in [1.165, 1.54) is 6.33 Å². The number of ether oxygens (including phenoxy) is 1. The van der Waals surface area contributed by atoms with Gasteiger partial charge < -0.3 is 4.74 Å². The van der Waals surface area contributed by atoms with Crippen LogP contribution >= 0.6 is 0 Å². The zero-order valence-electron chi connectivity index (χ0n) is 6.85. The van der Waals surface area contributed by atoms with Crippen LogP contribution in [0.4, 0.5) is 0 Å². The largest absolute Gasteiger partial charge is 0.481 e. The van der Waals surface area contributed by atoms with Crippen molar-refractivity contribution in [3.05, 3.63) is 18.1 Å². The highest BCUT2D eigenvalue weighted by atomic mass is 16.5. The number of methoxy groups -OCH3 is 1. The van der Waals surface area contributed by atoms with Crippen molar-refractivity contribution < 1.29 is 4.74 Å². The van der Waals surface area contributed by atoms with E-state index in [1.807, 2.05) is 13.0 Å². The van der Waals surface area contributed by atoms with Crippen molar-refractivity contribution in [1.82, 2.24) is 19.6 Å². The molecule has 62 valence electrons. The predicted molar refractivity (Wildman–Crippen MR) is 42.1 cm³/mol. The highest BCUT2D eigenvalue weighted by molar-refractivity contribution is 5.32. The molecule has 0 unspecified atom stereocenters. The van der Waals surface area contributed by atoms with E-state index in [0.29, 0.717) is 11.7 Å². The van der Waals surface area contributed by atoms with E-state index in [1.54, 1.807) is 11.6 Å². The summed E-state index contributed by atoms with van der Waals surface area (Å²) in [5.74, 6) is 1.21. The van der Waals surface area contributed by atoms with Gasteiger partial charge in [0.05, 0.1) is 7.11 Å². The number of fused-ring (bicyclic) bond motifs is 1. The Morgan fingerprint density at radius 1 is 1.50 bits per heavy atom. The highest BCUT2D eigenvalue weighted by Crippen LogP contribution is 2.10. The number of aryl methyl sites for hydroxylation is 1. The first-order valence-corrected chi connectivity index (χ1v) is 3.52. The Bertz CT molecular complexity index is 409. The lowest BCUT2D eigenvalue weighted by molar-refractivity contribution is 0.384. The molecule has 0 bridgehead atoms. The first-order valence-electron chi connectivity index (χ1n) is 3.52. The van der Waals surface area contributed by atoms with Gasteiger partial charge in [0.15, 0.2) is 0 Å². The molecule has 2 heterocycles. The first-order chi connectivity index (χ1) is 5.81. The Kier molecular flexibility index (Phi) is 1.43. The summed E-state index contributed by atoms with van der Waals surface area (Å²) in [4.78, 5) is 8.10. The molecule has 0 saturated heterocycles. The summed E-state index contributed by atoms with van der Waals surface area (Å²) in [7, 11) is 1.59. The third kappa shape index (κ3) is 0.903. The van der Waals surface area contributed by atoms with Crippen LogP contribution in [0.2, 0.25) is 0 Å². The third-order valence-electron chi connectivity index (χ3n) is 1.56. The van der Waals surface area contributed by atoms with Gasteiger partial charge in [-0.3, -0.25) is 0 Å². The molecule has 0 radical (unpaired) electrons. The van der Waals surface area contributed by atoms with E-state index in [2.05, 4.69) is 15.1 Å². The van der Waals surface area contributed by atoms with Crippen LogP contribution in [-0.2, 0) is 0 Å². The number of hydrogen-bond acceptors (Lipinski definition) is 4. The van der Waals surface area contributed by atoms with Gasteiger partial charge in [-0.05, 0) is 6.92 Å². The van der Waals surface area contributed by atoms with E-state index in [0.717, 1.165) is 5.69 Å². The number of hydrogen-bond donors (Lipinski definition) is 0. The van der Waals surface area contributed by atoms with Crippen LogP contribution in [-0.4, -0.2) is 26.7 Å². The van der Waals surface area contributed by atoms with Crippen LogP contribution in [0.3, 0.4) is 0 Å². The fourth-order valence-corrected chi connectivity index (χ4v) is 1.04. The summed E-state index contributed by atoms with van der Waals surface area (Å²) in [5, 5.41) is 3.95. The smallest absolute Gasteiger partial charge is 0.255 e. The number of aromatic nitrogens is 4. The van der Waals surface area contributed by atoms with Crippen LogP contribution in [0.15, 0.2) is 12.4 Å². The summed E-state index contributed by atoms with van der Waals surface area (Å²) in [6.45, 7) is 1.89. The predicted octanol–water partition coefficient (Wildman–Crippen LogP) is 0.441. The molecule has 0 aliphatic heterocycles. The lowest BCUT2D eigenvalue weighted by Gasteiger charge is -2.01. The lowest BCUT2D eigenvalue weighted by atomic mass is 10.4. The second-order valence-electron chi connectivity index (χ2n) is 2.41. The average Bonchev–Trinajstić information content (AvgIpc) is 2.50. The van der Waals surface area contributed by atoms with Gasteiger partial charge in [0.25, 0.3) is 5.78 Å². The van der Waals surface area contributed by atoms with E-state index in [9.17, 15) is 0 Å². The summed E-state index contributed by atoms with van der Waals surface area (Å²) in [5.41, 5.74) is 0.868. The van der Waals surface area contributed by atoms with Crippen LogP contribution in [0.5, 0.6) is 5.88 Å². The van der Waals surface area contributed by atoms with Gasteiger partial charge in [-0.25, -0.2) is 4.98 Å². The van der Waals surface area contributed by atoms with Gasteiger partial charge in [0, 0.05) is 11.8 Å². The molecule has 0 aromatic carbocycles. The van der Waals surface area contributed by atoms with Crippen LogP contribution in [0, 0.1) is 6.92 Å². The monoisotopic (exact) mass is 164 g/mol. The van der Waals surface area contributed by atoms with Crippen molar-refractivity contribution in [2.24, 2.45) is 0 Å². The van der Waals surface area contributed by atoms with Crippen molar-refractivity contribution in [3.8, 4) is 5.88 Å². The zero-order chi connectivity index (χ0) is 8.55. The minimum absolute atomic E-state index is 0.562. The van der Waals surface area contributed by atoms with Gasteiger partial charge in [0.1, 0.15) is 6.33 Å². The molecule has 0 aliphatic rings. The minimum atomic E-state index is 0.562. The van der Waals surface area contributed by atoms with Crippen molar-refractivity contribution in [2.45, 2.75) is 6.92 Å². The van der Waals surface area contributed by atoms with Gasteiger partial charge in [-0.2, -0.15) is 14.6 Å². The molecule has 0 fully saturated rings. The molecule has 2 aromatic heterocycles. The van der Waals surface area contributed by atoms with Crippen LogP contribution in [0.25, 0.3) is 5.78 Å². The Hall–Kier alpha value is -1.65. The molecule has 0 atom stereocenters. The third-order valence-corrected chi connectivity index (χ3v) is 1.56. The topological polar surface area (TPSA) is 52.3 Å². The van der Waals surface area contributed by atoms with E-state index in [4.69, 9.17) is 4.74 Å². The minimum Gasteiger partial charge on any atom is -0.481 e. The summed E-state index contributed by atoms with van der Waals surface area (Å²) in [6, 6.07) is 1.81. The standard InChI is InChI=1S/C7H8N4O/c1-5-3-6(12-2)11-7(10-5)8-4-9-11/h3-4H,1-2H3. The Labute approximate surface area is 69.0 Å². The van der Waals surface area contributed by atoms with Crippen molar-refractivity contribution in [2.75, 3.05) is 7.11 Å². The molecule has 0 N–H and O–H groups in total. The molecule has 12 heavy (non-hydrogen) atoms. The molecule has 2 rings (SSSR count). The maximum Gasteiger partial charge on any atom is 0.255 e. The van der Waals surface area contributed by atoms with Crippen molar-refractivity contribution >= 4 is 5.78 Å². The quantitative estimate of drug-likeness (QED) is 0.613. The van der Waals surface area contributed by atoms with Crippen molar-refractivity contribution in [1.29, 1.82) is 0 Å². The van der Waals surface area contributed by atoms with Crippen molar-refractivity contribution in [3.63, 3.8) is 0 Å². The zero-order valence-corrected chi connectivity index (χ0v) is 6.85. The fourth-order valence-electron chi connectivity index (χ4n) is 1.04. The fraction of sp³-hybridized carbons (Fsp3) is 0.286. The second kappa shape index (κ2) is 2.44. The summed E-state index contributed by atoms with van der Waals surface area (Å²) in [6.07, 6.45) is 1.45. The molecule has 0 amide bonds. The molecule has 0 spiro atoms. The molecular weight excluding hydrogens is 156 g/mol. The molecular formula is C7H8N4O. The Morgan fingerprint density at radius 3 is 3.08 bits per heavy atom. The molecule has 5 heteroatoms. The van der Waals surface area contributed by atoms with E-state index >= 15 is 0 Å². The Morgan fingerprint density at radius 2 is 2.33 bits per heavy atom. The lowest BCUT2D eigenvalue weighted by Crippen LogP contribution is -1.98. The van der Waals surface area contributed by atoms with Gasteiger partial charge in [0.2, 0.25) is 5.88 Å². The maximum absolute atomic E-state index is 5.09. The SMILES string of the molecule is COc1cc(C)nc2ncnn12. The van der Waals surface area contributed by atoms with Crippen LogP contribution in [0.1, 0.15) is 5.69 Å². The maximum atomic E-state index is 5.09. The first kappa shape index (κ1) is 7.02. The van der Waals surface area contributed by atoms with E-state index < -0.39 is 0 Å². The average molecular weight is 164 g/mol. The second-order valence-corrected chi connectivity index (χ2v) is 2.41. The van der Waals surface area contributed by atoms with Gasteiger partial charge in [-0.15, -0.1) is 0 Å². The molecule has 5 nitrogen and oxygen atoms in total. The summed E-state index contributed by atoms with van der Waals surface area (Å²) >= 11 is 0. The number of rotatable bonds is 1. The van der Waals surface area contributed by atoms with Gasteiger partial charge >= 0.3 is 0 Å². The van der Waals surface area contributed by atoms with Gasteiger partial charge in [-0.1, -0.05) is 0 Å². The molecule has 0 aliphatic carbocycles. The summed E-state index contributed by atoms with van der Waals surface area (Å²) < 4.78 is 6.64. The van der Waals surface area contributed by atoms with E-state index in [-0.39, 0.29) is 0 Å². The Balaban J connectivity index is 2.80. The number of nitrogens with zero attached hydrogens (tertiary/aromatic N) is 4. The highest BCUT2D eigenvalue weighted by Gasteiger charge is 2.03. The van der Waals surface area contributed by atoms with Crippen LogP contribution < -0.4 is 4.74 Å². The molecule has 2 aromatic rings.